The average molecular weight is 328 g/mol. The van der Waals surface area contributed by atoms with Gasteiger partial charge in [0.1, 0.15) is 0 Å². The van der Waals surface area contributed by atoms with Gasteiger partial charge in [-0.25, -0.2) is 0 Å². The summed E-state index contributed by atoms with van der Waals surface area (Å²) in [7, 11) is 0. The Hall–Kier alpha value is -2.25. The number of carbonyl (C=O) groups is 1. The van der Waals surface area contributed by atoms with Crippen LogP contribution in [0.15, 0.2) is 34.9 Å². The number of rotatable bonds is 4. The highest BCUT2D eigenvalue weighted by Crippen LogP contribution is 2.34. The van der Waals surface area contributed by atoms with E-state index >= 15 is 0 Å². The van der Waals surface area contributed by atoms with E-state index in [2.05, 4.69) is 45.4 Å². The lowest BCUT2D eigenvalue weighted by atomic mass is 10.2. The fourth-order valence-corrected chi connectivity index (χ4v) is 4.17. The first-order valence-corrected chi connectivity index (χ1v) is 8.37. The molecule has 1 fully saturated rings. The Labute approximate surface area is 136 Å². The molecule has 0 spiro atoms. The van der Waals surface area contributed by atoms with E-state index in [0.717, 1.165) is 25.9 Å². The number of hydrogen-bond acceptors (Lipinski definition) is 6. The molecule has 2 aromatic heterocycles. The van der Waals surface area contributed by atoms with Gasteiger partial charge in [-0.15, -0.1) is 11.3 Å². The van der Waals surface area contributed by atoms with Crippen molar-refractivity contribution in [3.8, 4) is 0 Å². The number of amides is 1. The van der Waals surface area contributed by atoms with Crippen LogP contribution in [0, 0.1) is 0 Å². The fourth-order valence-electron chi connectivity index (χ4n) is 3.08. The zero-order valence-electron chi connectivity index (χ0n) is 12.4. The minimum Gasteiger partial charge on any atom is -0.363 e. The van der Waals surface area contributed by atoms with Crippen LogP contribution in [-0.2, 0) is 6.54 Å². The van der Waals surface area contributed by atoms with Crippen LogP contribution in [0.3, 0.4) is 0 Å². The molecule has 1 aromatic carbocycles. The van der Waals surface area contributed by atoms with Gasteiger partial charge >= 0.3 is 0 Å². The molecule has 4 rings (SSSR count). The van der Waals surface area contributed by atoms with Crippen molar-refractivity contribution in [2.75, 3.05) is 6.54 Å². The van der Waals surface area contributed by atoms with Crippen molar-refractivity contribution in [3.05, 3.63) is 46.9 Å². The van der Waals surface area contributed by atoms with Crippen molar-refractivity contribution < 1.29 is 9.32 Å². The Balaban J connectivity index is 1.56. The minimum atomic E-state index is -0.658. The summed E-state index contributed by atoms with van der Waals surface area (Å²) in [5.74, 6) is -0.222. The molecule has 1 saturated heterocycles. The van der Waals surface area contributed by atoms with E-state index in [-0.39, 0.29) is 11.9 Å². The summed E-state index contributed by atoms with van der Waals surface area (Å²) in [6.07, 6.45) is 2.02. The molecule has 1 aliphatic rings. The van der Waals surface area contributed by atoms with Crippen LogP contribution in [-0.4, -0.2) is 27.5 Å². The zero-order valence-corrected chi connectivity index (χ0v) is 13.3. The summed E-state index contributed by atoms with van der Waals surface area (Å²) in [4.78, 5) is 18.9. The quantitative estimate of drug-likeness (QED) is 0.796. The maximum Gasteiger partial charge on any atom is 0.290 e. The SMILES string of the molecule is NC(=O)c1noc(C2CCCN2Cc2cc3ccccc3s2)n1. The number of fused-ring (bicyclic) bond motifs is 1. The number of likely N-dealkylation sites (tertiary alicyclic amines) is 1. The van der Waals surface area contributed by atoms with Crippen LogP contribution in [0.1, 0.15) is 40.3 Å². The zero-order chi connectivity index (χ0) is 15.8. The van der Waals surface area contributed by atoms with Gasteiger partial charge in [0.2, 0.25) is 5.89 Å². The first-order valence-electron chi connectivity index (χ1n) is 7.55. The first kappa shape index (κ1) is 14.3. The van der Waals surface area contributed by atoms with Crippen LogP contribution < -0.4 is 5.73 Å². The van der Waals surface area contributed by atoms with E-state index in [1.54, 1.807) is 0 Å². The van der Waals surface area contributed by atoms with Crippen molar-refractivity contribution in [2.45, 2.75) is 25.4 Å². The lowest BCUT2D eigenvalue weighted by molar-refractivity contribution is 0.0987. The summed E-state index contributed by atoms with van der Waals surface area (Å²) < 4.78 is 6.53. The summed E-state index contributed by atoms with van der Waals surface area (Å²) in [5, 5.41) is 4.93. The number of nitrogens with zero attached hydrogens (tertiary/aromatic N) is 3. The summed E-state index contributed by atoms with van der Waals surface area (Å²) >= 11 is 1.81. The number of hydrogen-bond donors (Lipinski definition) is 1. The largest absolute Gasteiger partial charge is 0.363 e. The molecule has 1 atom stereocenters. The van der Waals surface area contributed by atoms with E-state index in [1.807, 2.05) is 11.3 Å². The molecular formula is C16H16N4O2S. The number of thiophene rings is 1. The summed E-state index contributed by atoms with van der Waals surface area (Å²) in [6, 6.07) is 10.7. The Morgan fingerprint density at radius 1 is 1.43 bits per heavy atom. The van der Waals surface area contributed by atoms with Crippen molar-refractivity contribution in [3.63, 3.8) is 0 Å². The topological polar surface area (TPSA) is 85.2 Å². The third kappa shape index (κ3) is 2.73. The van der Waals surface area contributed by atoms with Gasteiger partial charge in [-0.05, 0) is 36.9 Å². The second-order valence-corrected chi connectivity index (χ2v) is 6.87. The Morgan fingerprint density at radius 2 is 2.30 bits per heavy atom. The lowest BCUT2D eigenvalue weighted by Crippen LogP contribution is -2.22. The minimum absolute atomic E-state index is 0.0475. The number of benzene rings is 1. The number of aromatic nitrogens is 2. The molecule has 2 N–H and O–H groups in total. The van der Waals surface area contributed by atoms with Gasteiger partial charge in [-0.3, -0.25) is 9.69 Å². The fraction of sp³-hybridized carbons (Fsp3) is 0.312. The molecule has 1 aliphatic heterocycles. The van der Waals surface area contributed by atoms with Crippen molar-refractivity contribution in [1.82, 2.24) is 15.0 Å². The molecule has 0 bridgehead atoms. The Kier molecular flexibility index (Phi) is 3.59. The van der Waals surface area contributed by atoms with E-state index in [0.29, 0.717) is 5.89 Å². The van der Waals surface area contributed by atoms with Crippen LogP contribution in [0.25, 0.3) is 10.1 Å². The molecule has 3 heterocycles. The van der Waals surface area contributed by atoms with E-state index in [9.17, 15) is 4.79 Å². The molecular weight excluding hydrogens is 312 g/mol. The van der Waals surface area contributed by atoms with Gasteiger partial charge in [-0.1, -0.05) is 23.4 Å². The van der Waals surface area contributed by atoms with Crippen molar-refractivity contribution in [2.24, 2.45) is 5.73 Å². The first-order chi connectivity index (χ1) is 11.2. The highest BCUT2D eigenvalue weighted by Gasteiger charge is 2.31. The molecule has 6 nitrogen and oxygen atoms in total. The maximum absolute atomic E-state index is 11.1. The second kappa shape index (κ2) is 5.75. The van der Waals surface area contributed by atoms with Crippen molar-refractivity contribution >= 4 is 27.3 Å². The molecule has 1 unspecified atom stereocenters. The predicted octanol–water partition coefficient (Wildman–Crippen LogP) is 2.72. The number of nitrogens with two attached hydrogens (primary N) is 1. The molecule has 0 aliphatic carbocycles. The lowest BCUT2D eigenvalue weighted by Gasteiger charge is -2.20. The molecule has 23 heavy (non-hydrogen) atoms. The average Bonchev–Trinajstić information content (AvgIpc) is 3.25. The molecule has 0 radical (unpaired) electrons. The highest BCUT2D eigenvalue weighted by atomic mass is 32.1. The van der Waals surface area contributed by atoms with Gasteiger partial charge in [0.05, 0.1) is 6.04 Å². The molecule has 7 heteroatoms. The van der Waals surface area contributed by atoms with Gasteiger partial charge < -0.3 is 10.3 Å². The van der Waals surface area contributed by atoms with Crippen LogP contribution in [0.2, 0.25) is 0 Å². The monoisotopic (exact) mass is 328 g/mol. The van der Waals surface area contributed by atoms with Gasteiger partial charge in [0, 0.05) is 16.1 Å². The predicted molar refractivity (Wildman–Crippen MR) is 87.0 cm³/mol. The highest BCUT2D eigenvalue weighted by molar-refractivity contribution is 7.19. The van der Waals surface area contributed by atoms with E-state index in [4.69, 9.17) is 10.3 Å². The molecule has 0 saturated carbocycles. The Morgan fingerprint density at radius 3 is 3.09 bits per heavy atom. The van der Waals surface area contributed by atoms with Gasteiger partial charge in [0.25, 0.3) is 11.7 Å². The van der Waals surface area contributed by atoms with Crippen LogP contribution >= 0.6 is 11.3 Å². The molecule has 3 aromatic rings. The Bertz CT molecular complexity index is 824. The number of carbonyl (C=O) groups excluding carboxylic acids is 1. The third-order valence-corrected chi connectivity index (χ3v) is 5.25. The second-order valence-electron chi connectivity index (χ2n) is 5.70. The summed E-state index contributed by atoms with van der Waals surface area (Å²) in [6.45, 7) is 1.82. The van der Waals surface area contributed by atoms with Gasteiger partial charge in [0.15, 0.2) is 0 Å². The van der Waals surface area contributed by atoms with Crippen LogP contribution in [0.4, 0.5) is 0 Å². The normalized spacial score (nSPS) is 18.7. The maximum atomic E-state index is 11.1. The number of primary amides is 1. The van der Waals surface area contributed by atoms with Crippen molar-refractivity contribution in [1.29, 1.82) is 0 Å². The van der Waals surface area contributed by atoms with Gasteiger partial charge in [-0.2, -0.15) is 4.98 Å². The smallest absolute Gasteiger partial charge is 0.290 e. The van der Waals surface area contributed by atoms with E-state index in [1.165, 1.54) is 15.0 Å². The van der Waals surface area contributed by atoms with E-state index < -0.39 is 5.91 Å². The molecule has 1 amide bonds. The molecule has 118 valence electrons. The summed E-state index contributed by atoms with van der Waals surface area (Å²) in [5.41, 5.74) is 5.19. The standard InChI is InChI=1S/C16H16N4O2S/c17-14(21)15-18-16(22-19-15)12-5-3-7-20(12)9-11-8-10-4-1-2-6-13(10)23-11/h1-2,4,6,8,12H,3,5,7,9H2,(H2,17,21). The van der Waals surface area contributed by atoms with Crippen LogP contribution in [0.5, 0.6) is 0 Å². The third-order valence-electron chi connectivity index (χ3n) is 4.15.